The Labute approximate surface area is 124 Å². The van der Waals surface area contributed by atoms with Crippen LogP contribution in [0.3, 0.4) is 0 Å². The monoisotopic (exact) mass is 291 g/mol. The van der Waals surface area contributed by atoms with Gasteiger partial charge in [0.2, 0.25) is 5.91 Å². The number of benzene rings is 1. The molecule has 1 aromatic carbocycles. The molecule has 0 aromatic heterocycles. The first-order valence-electron chi connectivity index (χ1n) is 7.04. The van der Waals surface area contributed by atoms with E-state index in [0.29, 0.717) is 18.7 Å². The molecule has 0 bridgehead atoms. The summed E-state index contributed by atoms with van der Waals surface area (Å²) in [6.07, 6.45) is 6.80. The number of hydrogen-bond acceptors (Lipinski definition) is 4. The van der Waals surface area contributed by atoms with Crippen molar-refractivity contribution >= 4 is 17.7 Å². The van der Waals surface area contributed by atoms with Crippen molar-refractivity contribution in [3.63, 3.8) is 0 Å². The normalized spacial score (nSPS) is 10.7. The van der Waals surface area contributed by atoms with Crippen molar-refractivity contribution in [2.24, 2.45) is 5.73 Å². The topological polar surface area (TPSA) is 98.3 Å². The average Bonchev–Trinajstić information content (AvgIpc) is 2.49. The predicted octanol–water partition coefficient (Wildman–Crippen LogP) is 2.24. The van der Waals surface area contributed by atoms with Gasteiger partial charge < -0.3 is 11.1 Å². The van der Waals surface area contributed by atoms with Gasteiger partial charge in [-0.3, -0.25) is 14.9 Å². The number of nitrogens with two attached hydrogens (primary N) is 1. The van der Waals surface area contributed by atoms with Crippen LogP contribution < -0.4 is 11.1 Å². The third-order valence-electron chi connectivity index (χ3n) is 2.98. The van der Waals surface area contributed by atoms with Crippen LogP contribution in [0.15, 0.2) is 30.3 Å². The molecule has 21 heavy (non-hydrogen) atoms. The maximum atomic E-state index is 11.6. The van der Waals surface area contributed by atoms with E-state index in [1.54, 1.807) is 18.2 Å². The van der Waals surface area contributed by atoms with Gasteiger partial charge in [0.1, 0.15) is 0 Å². The SMILES string of the molecule is NCCCCCCNC(=O)/C=C/c1ccccc1[N+](=O)[O-]. The molecule has 0 saturated heterocycles. The molecule has 0 spiro atoms. The molecule has 0 unspecified atom stereocenters. The van der Waals surface area contributed by atoms with Gasteiger partial charge in [-0.25, -0.2) is 0 Å². The zero-order valence-corrected chi connectivity index (χ0v) is 12.0. The Morgan fingerprint density at radius 1 is 1.24 bits per heavy atom. The third-order valence-corrected chi connectivity index (χ3v) is 2.98. The van der Waals surface area contributed by atoms with E-state index in [-0.39, 0.29) is 11.6 Å². The molecule has 0 fully saturated rings. The van der Waals surface area contributed by atoms with Gasteiger partial charge in [-0.2, -0.15) is 0 Å². The smallest absolute Gasteiger partial charge is 0.276 e. The van der Waals surface area contributed by atoms with Crippen LogP contribution in [0.2, 0.25) is 0 Å². The van der Waals surface area contributed by atoms with Gasteiger partial charge in [-0.1, -0.05) is 25.0 Å². The largest absolute Gasteiger partial charge is 0.353 e. The van der Waals surface area contributed by atoms with Crippen LogP contribution >= 0.6 is 0 Å². The second-order valence-electron chi connectivity index (χ2n) is 4.64. The summed E-state index contributed by atoms with van der Waals surface area (Å²) < 4.78 is 0. The van der Waals surface area contributed by atoms with Gasteiger partial charge >= 0.3 is 0 Å². The minimum Gasteiger partial charge on any atom is -0.353 e. The molecule has 3 N–H and O–H groups in total. The highest BCUT2D eigenvalue weighted by Gasteiger charge is 2.09. The highest BCUT2D eigenvalue weighted by atomic mass is 16.6. The number of carbonyl (C=O) groups excluding carboxylic acids is 1. The van der Waals surface area contributed by atoms with Crippen molar-refractivity contribution in [3.8, 4) is 0 Å². The van der Waals surface area contributed by atoms with E-state index in [1.165, 1.54) is 18.2 Å². The van der Waals surface area contributed by atoms with Gasteiger partial charge in [0.05, 0.1) is 10.5 Å². The summed E-state index contributed by atoms with van der Waals surface area (Å²) in [4.78, 5) is 22.0. The Hall–Kier alpha value is -2.21. The number of carbonyl (C=O) groups is 1. The Bertz CT molecular complexity index is 501. The second-order valence-corrected chi connectivity index (χ2v) is 4.64. The lowest BCUT2D eigenvalue weighted by atomic mass is 10.1. The molecule has 1 rings (SSSR count). The van der Waals surface area contributed by atoms with E-state index in [4.69, 9.17) is 5.73 Å². The summed E-state index contributed by atoms with van der Waals surface area (Å²) in [7, 11) is 0. The van der Waals surface area contributed by atoms with E-state index in [0.717, 1.165) is 25.7 Å². The lowest BCUT2D eigenvalue weighted by Gasteiger charge is -2.02. The molecule has 1 amide bonds. The number of amides is 1. The Morgan fingerprint density at radius 2 is 1.95 bits per heavy atom. The number of unbranched alkanes of at least 4 members (excludes halogenated alkanes) is 3. The standard InChI is InChI=1S/C15H21N3O3/c16-11-5-1-2-6-12-17-15(19)10-9-13-7-3-4-8-14(13)18(20)21/h3-4,7-10H,1-2,5-6,11-12,16H2,(H,17,19)/b10-9+. The van der Waals surface area contributed by atoms with Crippen LogP contribution in [0.4, 0.5) is 5.69 Å². The number of nitro groups is 1. The molecule has 0 radical (unpaired) electrons. The van der Waals surface area contributed by atoms with Crippen LogP contribution in [-0.4, -0.2) is 23.9 Å². The highest BCUT2D eigenvalue weighted by molar-refractivity contribution is 5.92. The summed E-state index contributed by atoms with van der Waals surface area (Å²) in [5.74, 6) is -0.244. The Balaban J connectivity index is 2.39. The van der Waals surface area contributed by atoms with Crippen LogP contribution in [0.5, 0.6) is 0 Å². The Kier molecular flexibility index (Phi) is 7.74. The number of nitrogens with one attached hydrogen (secondary N) is 1. The molecule has 114 valence electrons. The van der Waals surface area contributed by atoms with Gasteiger partial charge in [0, 0.05) is 18.7 Å². The maximum absolute atomic E-state index is 11.6. The van der Waals surface area contributed by atoms with Crippen molar-refractivity contribution < 1.29 is 9.72 Å². The molecular weight excluding hydrogens is 270 g/mol. The highest BCUT2D eigenvalue weighted by Crippen LogP contribution is 2.18. The van der Waals surface area contributed by atoms with E-state index in [9.17, 15) is 14.9 Å². The molecule has 0 saturated carbocycles. The molecule has 6 heteroatoms. The molecule has 6 nitrogen and oxygen atoms in total. The van der Waals surface area contributed by atoms with E-state index >= 15 is 0 Å². The summed E-state index contributed by atoms with van der Waals surface area (Å²) in [6.45, 7) is 1.30. The van der Waals surface area contributed by atoms with Crippen molar-refractivity contribution in [2.45, 2.75) is 25.7 Å². The zero-order valence-electron chi connectivity index (χ0n) is 12.0. The molecular formula is C15H21N3O3. The molecule has 0 atom stereocenters. The summed E-state index contributed by atoms with van der Waals surface area (Å²) >= 11 is 0. The van der Waals surface area contributed by atoms with E-state index in [1.807, 2.05) is 0 Å². The first-order chi connectivity index (χ1) is 10.1. The molecule has 0 aliphatic rings. The molecule has 1 aromatic rings. The van der Waals surface area contributed by atoms with Gasteiger partial charge in [-0.15, -0.1) is 0 Å². The fourth-order valence-corrected chi connectivity index (χ4v) is 1.85. The van der Waals surface area contributed by atoms with Crippen molar-refractivity contribution in [1.82, 2.24) is 5.32 Å². The van der Waals surface area contributed by atoms with E-state index < -0.39 is 4.92 Å². The molecule has 0 aliphatic heterocycles. The summed E-state index contributed by atoms with van der Waals surface area (Å²) in [6, 6.07) is 6.31. The number of para-hydroxylation sites is 1. The summed E-state index contributed by atoms with van der Waals surface area (Å²) in [5, 5.41) is 13.6. The number of nitrogens with zero attached hydrogens (tertiary/aromatic N) is 1. The van der Waals surface area contributed by atoms with Gasteiger partial charge in [0.15, 0.2) is 0 Å². The maximum Gasteiger partial charge on any atom is 0.276 e. The lowest BCUT2D eigenvalue weighted by Crippen LogP contribution is -2.22. The number of hydrogen-bond donors (Lipinski definition) is 2. The van der Waals surface area contributed by atoms with Crippen LogP contribution in [0.1, 0.15) is 31.2 Å². The predicted molar refractivity (Wildman–Crippen MR) is 82.7 cm³/mol. The Morgan fingerprint density at radius 3 is 2.67 bits per heavy atom. The fourth-order valence-electron chi connectivity index (χ4n) is 1.85. The average molecular weight is 291 g/mol. The first-order valence-corrected chi connectivity index (χ1v) is 7.04. The van der Waals surface area contributed by atoms with Crippen molar-refractivity contribution in [2.75, 3.05) is 13.1 Å². The first kappa shape index (κ1) is 16.8. The van der Waals surface area contributed by atoms with Gasteiger partial charge in [-0.05, 0) is 31.5 Å². The zero-order chi connectivity index (χ0) is 15.5. The minimum absolute atomic E-state index is 0.0108. The van der Waals surface area contributed by atoms with Gasteiger partial charge in [0.25, 0.3) is 5.69 Å². The number of rotatable bonds is 9. The molecule has 0 aliphatic carbocycles. The minimum atomic E-state index is -0.463. The fraction of sp³-hybridized carbons (Fsp3) is 0.400. The quantitative estimate of drug-likeness (QED) is 0.315. The number of nitro benzene ring substituents is 1. The van der Waals surface area contributed by atoms with Crippen LogP contribution in [0.25, 0.3) is 6.08 Å². The molecule has 0 heterocycles. The second kappa shape index (κ2) is 9.66. The third kappa shape index (κ3) is 6.67. The lowest BCUT2D eigenvalue weighted by molar-refractivity contribution is -0.385. The van der Waals surface area contributed by atoms with Crippen molar-refractivity contribution in [3.05, 3.63) is 46.0 Å². The summed E-state index contributed by atoms with van der Waals surface area (Å²) in [5.41, 5.74) is 5.80. The van der Waals surface area contributed by atoms with E-state index in [2.05, 4.69) is 5.32 Å². The van der Waals surface area contributed by atoms with Crippen LogP contribution in [0, 0.1) is 10.1 Å². The van der Waals surface area contributed by atoms with Crippen molar-refractivity contribution in [1.29, 1.82) is 0 Å². The van der Waals surface area contributed by atoms with Crippen LogP contribution in [-0.2, 0) is 4.79 Å².